The van der Waals surface area contributed by atoms with E-state index in [-0.39, 0.29) is 6.61 Å². The number of hydrogen-bond acceptors (Lipinski definition) is 6. The van der Waals surface area contributed by atoms with Crippen LogP contribution in [0.25, 0.3) is 20.7 Å². The van der Waals surface area contributed by atoms with Crippen LogP contribution in [0.4, 0.5) is 5.82 Å². The summed E-state index contributed by atoms with van der Waals surface area (Å²) in [6, 6.07) is 10.5. The van der Waals surface area contributed by atoms with Crippen molar-refractivity contribution in [1.29, 1.82) is 0 Å². The molecule has 5 nitrogen and oxygen atoms in total. The molecule has 0 spiro atoms. The van der Waals surface area contributed by atoms with Gasteiger partial charge >= 0.3 is 0 Å². The summed E-state index contributed by atoms with van der Waals surface area (Å²) in [7, 11) is 0. The predicted molar refractivity (Wildman–Crippen MR) is 103 cm³/mol. The van der Waals surface area contributed by atoms with Gasteiger partial charge in [-0.15, -0.1) is 11.3 Å². The number of hydrogen-bond donors (Lipinski definition) is 1. The standard InChI is InChI=1S/C19H22N4OS/c1-14-16-18(23-9-7-22(8-10-23)11-12-24)20-13-21-19(16)25-17(14)15-5-3-2-4-6-15/h2-6,13,24H,7-12H2,1H3. The average molecular weight is 354 g/mol. The fourth-order valence-electron chi connectivity index (χ4n) is 3.48. The highest BCUT2D eigenvalue weighted by Gasteiger charge is 2.22. The molecule has 6 heteroatoms. The number of aliphatic hydroxyl groups is 1. The first-order valence-corrected chi connectivity index (χ1v) is 9.47. The van der Waals surface area contributed by atoms with Crippen molar-refractivity contribution in [3.63, 3.8) is 0 Å². The number of rotatable bonds is 4. The third-order valence-electron chi connectivity index (χ3n) is 4.83. The van der Waals surface area contributed by atoms with Gasteiger partial charge in [-0.2, -0.15) is 0 Å². The van der Waals surface area contributed by atoms with Crippen LogP contribution in [0, 0.1) is 6.92 Å². The molecule has 130 valence electrons. The zero-order valence-electron chi connectivity index (χ0n) is 14.4. The zero-order valence-corrected chi connectivity index (χ0v) is 15.2. The molecule has 0 atom stereocenters. The van der Waals surface area contributed by atoms with Gasteiger partial charge in [0.25, 0.3) is 0 Å². The Morgan fingerprint density at radius 1 is 1.08 bits per heavy atom. The van der Waals surface area contributed by atoms with Gasteiger partial charge in [-0.3, -0.25) is 4.90 Å². The third-order valence-corrected chi connectivity index (χ3v) is 6.08. The van der Waals surface area contributed by atoms with Gasteiger partial charge in [0.1, 0.15) is 17.0 Å². The van der Waals surface area contributed by atoms with E-state index in [0.717, 1.165) is 43.4 Å². The van der Waals surface area contributed by atoms with Gasteiger partial charge in [-0.05, 0) is 18.1 Å². The summed E-state index contributed by atoms with van der Waals surface area (Å²) in [5.41, 5.74) is 2.50. The molecule has 3 heterocycles. The van der Waals surface area contributed by atoms with Crippen molar-refractivity contribution in [1.82, 2.24) is 14.9 Å². The summed E-state index contributed by atoms with van der Waals surface area (Å²) in [6.07, 6.45) is 1.68. The molecule has 1 aliphatic heterocycles. The molecular weight excluding hydrogens is 332 g/mol. The van der Waals surface area contributed by atoms with Crippen molar-refractivity contribution in [3.8, 4) is 10.4 Å². The minimum atomic E-state index is 0.224. The molecule has 1 fully saturated rings. The van der Waals surface area contributed by atoms with Crippen LogP contribution in [0.2, 0.25) is 0 Å². The van der Waals surface area contributed by atoms with E-state index >= 15 is 0 Å². The van der Waals surface area contributed by atoms with E-state index in [9.17, 15) is 0 Å². The van der Waals surface area contributed by atoms with Crippen molar-refractivity contribution in [2.24, 2.45) is 0 Å². The van der Waals surface area contributed by atoms with Crippen molar-refractivity contribution in [3.05, 3.63) is 42.2 Å². The van der Waals surface area contributed by atoms with E-state index in [1.807, 2.05) is 6.07 Å². The second kappa shape index (κ2) is 7.07. The second-order valence-corrected chi connectivity index (χ2v) is 7.35. The molecule has 3 aromatic rings. The maximum atomic E-state index is 9.12. The Balaban J connectivity index is 1.70. The zero-order chi connectivity index (χ0) is 17.2. The number of piperazine rings is 1. The summed E-state index contributed by atoms with van der Waals surface area (Å²) in [5, 5.41) is 10.3. The van der Waals surface area contributed by atoms with Crippen LogP contribution in [0.5, 0.6) is 0 Å². The number of nitrogens with zero attached hydrogens (tertiary/aromatic N) is 4. The lowest BCUT2D eigenvalue weighted by molar-refractivity contribution is 0.188. The predicted octanol–water partition coefficient (Wildman–Crippen LogP) is 2.78. The molecule has 0 radical (unpaired) electrons. The average Bonchev–Trinajstić information content (AvgIpc) is 3.00. The molecule has 2 aromatic heterocycles. The van der Waals surface area contributed by atoms with Gasteiger partial charge in [0.15, 0.2) is 0 Å². The quantitative estimate of drug-likeness (QED) is 0.781. The Labute approximate surface area is 151 Å². The van der Waals surface area contributed by atoms with Crippen LogP contribution in [-0.4, -0.2) is 59.3 Å². The van der Waals surface area contributed by atoms with E-state index in [4.69, 9.17) is 5.11 Å². The van der Waals surface area contributed by atoms with Crippen molar-refractivity contribution < 1.29 is 5.11 Å². The Bertz CT molecular complexity index is 856. The number of aromatic nitrogens is 2. The van der Waals surface area contributed by atoms with Gasteiger partial charge in [0, 0.05) is 37.6 Å². The lowest BCUT2D eigenvalue weighted by Crippen LogP contribution is -2.47. The molecule has 1 aromatic carbocycles. The lowest BCUT2D eigenvalue weighted by atomic mass is 10.1. The first-order chi connectivity index (χ1) is 12.3. The molecule has 1 N–H and O–H groups in total. The number of thiophene rings is 1. The minimum absolute atomic E-state index is 0.224. The number of aryl methyl sites for hydroxylation is 1. The van der Waals surface area contributed by atoms with E-state index in [1.54, 1.807) is 17.7 Å². The maximum absolute atomic E-state index is 9.12. The van der Waals surface area contributed by atoms with Crippen molar-refractivity contribution >= 4 is 27.4 Å². The van der Waals surface area contributed by atoms with E-state index in [2.05, 4.69) is 51.0 Å². The van der Waals surface area contributed by atoms with E-state index in [1.165, 1.54) is 21.4 Å². The SMILES string of the molecule is Cc1c(-c2ccccc2)sc2ncnc(N3CCN(CCO)CC3)c12. The van der Waals surface area contributed by atoms with E-state index in [0.29, 0.717) is 0 Å². The van der Waals surface area contributed by atoms with Gasteiger partial charge in [-0.25, -0.2) is 9.97 Å². The van der Waals surface area contributed by atoms with Gasteiger partial charge in [0.05, 0.1) is 12.0 Å². The van der Waals surface area contributed by atoms with Crippen LogP contribution in [0.15, 0.2) is 36.7 Å². The van der Waals surface area contributed by atoms with Gasteiger partial charge in [-0.1, -0.05) is 30.3 Å². The molecule has 0 saturated carbocycles. The molecule has 0 aliphatic carbocycles. The van der Waals surface area contributed by atoms with Crippen molar-refractivity contribution in [2.75, 3.05) is 44.2 Å². The molecule has 4 rings (SSSR count). The lowest BCUT2D eigenvalue weighted by Gasteiger charge is -2.35. The highest BCUT2D eigenvalue weighted by Crippen LogP contribution is 2.40. The van der Waals surface area contributed by atoms with Crippen LogP contribution >= 0.6 is 11.3 Å². The normalized spacial score (nSPS) is 15.8. The largest absolute Gasteiger partial charge is 0.395 e. The monoisotopic (exact) mass is 354 g/mol. The number of aliphatic hydroxyl groups excluding tert-OH is 1. The summed E-state index contributed by atoms with van der Waals surface area (Å²) in [6.45, 7) is 6.94. The maximum Gasteiger partial charge on any atom is 0.141 e. The Morgan fingerprint density at radius 2 is 1.84 bits per heavy atom. The summed E-state index contributed by atoms with van der Waals surface area (Å²) in [4.78, 5) is 16.1. The van der Waals surface area contributed by atoms with Crippen LogP contribution in [0.1, 0.15) is 5.56 Å². The number of anilines is 1. The Morgan fingerprint density at radius 3 is 2.56 bits per heavy atom. The molecular formula is C19H22N4OS. The molecule has 1 saturated heterocycles. The highest BCUT2D eigenvalue weighted by molar-refractivity contribution is 7.22. The first-order valence-electron chi connectivity index (χ1n) is 8.65. The number of fused-ring (bicyclic) bond motifs is 1. The molecule has 25 heavy (non-hydrogen) atoms. The third kappa shape index (κ3) is 3.13. The Hall–Kier alpha value is -2.02. The highest BCUT2D eigenvalue weighted by atomic mass is 32.1. The number of benzene rings is 1. The molecule has 1 aliphatic rings. The summed E-state index contributed by atoms with van der Waals surface area (Å²) < 4.78 is 0. The second-order valence-electron chi connectivity index (χ2n) is 6.35. The summed E-state index contributed by atoms with van der Waals surface area (Å²) in [5.74, 6) is 1.05. The summed E-state index contributed by atoms with van der Waals surface area (Å²) >= 11 is 1.74. The number of β-amino-alcohol motifs (C(OH)–C–C–N with tert-alkyl or cyclic N) is 1. The first kappa shape index (κ1) is 16.4. The van der Waals surface area contributed by atoms with Gasteiger partial charge in [0.2, 0.25) is 0 Å². The fraction of sp³-hybridized carbons (Fsp3) is 0.368. The van der Waals surface area contributed by atoms with Crippen molar-refractivity contribution in [2.45, 2.75) is 6.92 Å². The Kier molecular flexibility index (Phi) is 4.65. The molecule has 0 unspecified atom stereocenters. The molecule has 0 amide bonds. The van der Waals surface area contributed by atoms with Gasteiger partial charge < -0.3 is 10.0 Å². The van der Waals surface area contributed by atoms with Crippen LogP contribution < -0.4 is 4.90 Å². The smallest absolute Gasteiger partial charge is 0.141 e. The van der Waals surface area contributed by atoms with E-state index < -0.39 is 0 Å². The topological polar surface area (TPSA) is 52.5 Å². The fourth-order valence-corrected chi connectivity index (χ4v) is 4.63. The van der Waals surface area contributed by atoms with Crippen LogP contribution in [-0.2, 0) is 0 Å². The van der Waals surface area contributed by atoms with Crippen LogP contribution in [0.3, 0.4) is 0 Å². The minimum Gasteiger partial charge on any atom is -0.395 e. The molecule has 0 bridgehead atoms.